The fourth-order valence-corrected chi connectivity index (χ4v) is 3.30. The summed E-state index contributed by atoms with van der Waals surface area (Å²) in [7, 11) is 0. The van der Waals surface area contributed by atoms with Gasteiger partial charge in [-0.15, -0.1) is 0 Å². The number of unbranched alkanes of at least 4 members (excludes halogenated alkanes) is 19. The van der Waals surface area contributed by atoms with Gasteiger partial charge in [0.1, 0.15) is 6.67 Å². The molecule has 0 N–H and O–H groups in total. The van der Waals surface area contributed by atoms with Gasteiger partial charge in [0.25, 0.3) is 0 Å². The molecule has 0 heterocycles. The van der Waals surface area contributed by atoms with Crippen molar-refractivity contribution in [2.75, 3.05) is 0 Å². The van der Waals surface area contributed by atoms with Crippen LogP contribution in [-0.4, -0.2) is 0 Å². The predicted molar refractivity (Wildman–Crippen MR) is 103 cm³/mol. The molecule has 0 unspecified atom stereocenters. The van der Waals surface area contributed by atoms with Gasteiger partial charge in [-0.3, -0.25) is 0 Å². The van der Waals surface area contributed by atoms with Crippen LogP contribution in [0.25, 0.3) is 0 Å². The van der Waals surface area contributed by atoms with Gasteiger partial charge >= 0.3 is 0 Å². The van der Waals surface area contributed by atoms with E-state index in [4.69, 9.17) is 0 Å². The first-order valence-corrected chi connectivity index (χ1v) is 10.8. The van der Waals surface area contributed by atoms with Gasteiger partial charge in [0.2, 0.25) is 0 Å². The molecule has 0 spiro atoms. The topological polar surface area (TPSA) is 0 Å². The number of halogens is 1. The lowest BCUT2D eigenvalue weighted by atomic mass is 10.0. The van der Waals surface area contributed by atoms with Crippen LogP contribution in [-0.2, 0) is 0 Å². The van der Waals surface area contributed by atoms with E-state index in [1.807, 2.05) is 0 Å². The fourth-order valence-electron chi connectivity index (χ4n) is 3.30. The number of rotatable bonds is 20. The molecule has 0 rings (SSSR count). The SMILES string of the molecule is CCCCCCCCCCCCCCCCCCCCC[CH]F. The monoisotopic (exact) mass is 327 g/mol. The molecule has 0 aromatic carbocycles. The highest BCUT2D eigenvalue weighted by molar-refractivity contribution is 4.52. The summed E-state index contributed by atoms with van der Waals surface area (Å²) in [5, 5.41) is 0. The molecular weight excluding hydrogens is 283 g/mol. The van der Waals surface area contributed by atoms with E-state index in [1.165, 1.54) is 116 Å². The molecule has 0 aromatic heterocycles. The molecule has 23 heavy (non-hydrogen) atoms. The molecule has 0 saturated carbocycles. The Labute approximate surface area is 147 Å². The van der Waals surface area contributed by atoms with E-state index in [9.17, 15) is 4.39 Å². The first kappa shape index (κ1) is 22.9. The summed E-state index contributed by atoms with van der Waals surface area (Å²) in [5.74, 6) is 0. The summed E-state index contributed by atoms with van der Waals surface area (Å²) in [4.78, 5) is 0. The van der Waals surface area contributed by atoms with Crippen LogP contribution < -0.4 is 0 Å². The van der Waals surface area contributed by atoms with Crippen LogP contribution in [0, 0.1) is 6.67 Å². The van der Waals surface area contributed by atoms with Gasteiger partial charge in [-0.05, 0) is 6.42 Å². The van der Waals surface area contributed by atoms with Crippen LogP contribution >= 0.6 is 0 Å². The van der Waals surface area contributed by atoms with Crippen LogP contribution in [0.2, 0.25) is 0 Å². The van der Waals surface area contributed by atoms with Crippen molar-refractivity contribution in [2.24, 2.45) is 0 Å². The summed E-state index contributed by atoms with van der Waals surface area (Å²) >= 11 is 0. The Morgan fingerprint density at radius 3 is 0.957 bits per heavy atom. The molecule has 0 amide bonds. The lowest BCUT2D eigenvalue weighted by molar-refractivity contribution is 0.513. The van der Waals surface area contributed by atoms with Crippen molar-refractivity contribution in [2.45, 2.75) is 135 Å². The molecule has 0 bridgehead atoms. The molecule has 1 radical (unpaired) electrons. The Morgan fingerprint density at radius 2 is 0.696 bits per heavy atom. The van der Waals surface area contributed by atoms with Crippen molar-refractivity contribution in [3.05, 3.63) is 6.67 Å². The van der Waals surface area contributed by atoms with Crippen molar-refractivity contribution >= 4 is 0 Å². The first-order valence-electron chi connectivity index (χ1n) is 10.8. The van der Waals surface area contributed by atoms with Gasteiger partial charge in [-0.2, -0.15) is 0 Å². The van der Waals surface area contributed by atoms with E-state index >= 15 is 0 Å². The summed E-state index contributed by atoms with van der Waals surface area (Å²) in [6.45, 7) is 3.09. The molecule has 0 atom stereocenters. The standard InChI is InChI=1S/C22H44F/c1-2-3-4-5-6-7-8-9-10-11-12-13-14-15-16-17-18-19-20-21-22-23/h22H,2-21H2,1H3. The van der Waals surface area contributed by atoms with Gasteiger partial charge in [0.15, 0.2) is 0 Å². The van der Waals surface area contributed by atoms with E-state index in [-0.39, 0.29) is 0 Å². The van der Waals surface area contributed by atoms with E-state index < -0.39 is 0 Å². The molecule has 0 aromatic rings. The van der Waals surface area contributed by atoms with E-state index in [2.05, 4.69) is 6.92 Å². The van der Waals surface area contributed by atoms with Gasteiger partial charge in [0.05, 0.1) is 0 Å². The lowest BCUT2D eigenvalue weighted by Gasteiger charge is -2.03. The molecule has 1 heteroatoms. The van der Waals surface area contributed by atoms with Crippen molar-refractivity contribution in [3.63, 3.8) is 0 Å². The second-order valence-electron chi connectivity index (χ2n) is 7.31. The minimum absolute atomic E-state index is 0.652. The zero-order valence-corrected chi connectivity index (χ0v) is 16.1. The van der Waals surface area contributed by atoms with E-state index in [0.717, 1.165) is 13.1 Å². The van der Waals surface area contributed by atoms with Crippen LogP contribution in [0.4, 0.5) is 4.39 Å². The van der Waals surface area contributed by atoms with Crippen LogP contribution in [0.15, 0.2) is 0 Å². The van der Waals surface area contributed by atoms with Gasteiger partial charge in [0, 0.05) is 0 Å². The normalized spacial score (nSPS) is 11.2. The maximum Gasteiger partial charge on any atom is 0.131 e. The van der Waals surface area contributed by atoms with Crippen molar-refractivity contribution in [1.82, 2.24) is 0 Å². The Balaban J connectivity index is 2.92. The molecule has 0 fully saturated rings. The summed E-state index contributed by atoms with van der Waals surface area (Å²) in [5.41, 5.74) is 0. The average molecular weight is 328 g/mol. The molecular formula is C22H44F. The minimum Gasteiger partial charge on any atom is -0.244 e. The third-order valence-electron chi connectivity index (χ3n) is 4.92. The highest BCUT2D eigenvalue weighted by atomic mass is 19.1. The fraction of sp³-hybridized carbons (Fsp3) is 0.955. The second kappa shape index (κ2) is 21.9. The van der Waals surface area contributed by atoms with Crippen LogP contribution in [0.1, 0.15) is 135 Å². The molecule has 0 aliphatic carbocycles. The summed E-state index contributed by atoms with van der Waals surface area (Å²) < 4.78 is 11.8. The maximum absolute atomic E-state index is 11.8. The van der Waals surface area contributed by atoms with Crippen molar-refractivity contribution < 1.29 is 4.39 Å². The smallest absolute Gasteiger partial charge is 0.131 e. The third kappa shape index (κ3) is 21.9. The van der Waals surface area contributed by atoms with Crippen molar-refractivity contribution in [3.8, 4) is 0 Å². The lowest BCUT2D eigenvalue weighted by Crippen LogP contribution is -1.84. The van der Waals surface area contributed by atoms with Gasteiger partial charge in [-0.1, -0.05) is 129 Å². The zero-order chi connectivity index (χ0) is 16.8. The molecule has 0 nitrogen and oxygen atoms in total. The highest BCUT2D eigenvalue weighted by Crippen LogP contribution is 2.14. The highest BCUT2D eigenvalue weighted by Gasteiger charge is 1.95. The molecule has 0 saturated heterocycles. The molecule has 139 valence electrons. The second-order valence-corrected chi connectivity index (χ2v) is 7.31. The van der Waals surface area contributed by atoms with Crippen molar-refractivity contribution in [1.29, 1.82) is 0 Å². The largest absolute Gasteiger partial charge is 0.244 e. The van der Waals surface area contributed by atoms with Crippen LogP contribution in [0.3, 0.4) is 0 Å². The maximum atomic E-state index is 11.8. The molecule has 0 aliphatic rings. The minimum atomic E-state index is 0.652. The van der Waals surface area contributed by atoms with Gasteiger partial charge < -0.3 is 0 Å². The Kier molecular flexibility index (Phi) is 21.9. The summed E-state index contributed by atoms with van der Waals surface area (Å²) in [6.07, 6.45) is 27.1. The average Bonchev–Trinajstić information content (AvgIpc) is 2.57. The third-order valence-corrected chi connectivity index (χ3v) is 4.92. The number of hydrogen-bond donors (Lipinski definition) is 0. The van der Waals surface area contributed by atoms with E-state index in [1.54, 1.807) is 0 Å². The number of hydrogen-bond acceptors (Lipinski definition) is 0. The first-order chi connectivity index (χ1) is 11.4. The zero-order valence-electron chi connectivity index (χ0n) is 16.1. The van der Waals surface area contributed by atoms with Crippen LogP contribution in [0.5, 0.6) is 0 Å². The Hall–Kier alpha value is -0.0700. The predicted octanol–water partition coefficient (Wildman–Crippen LogP) is 8.94. The Bertz CT molecular complexity index is 170. The van der Waals surface area contributed by atoms with E-state index in [0.29, 0.717) is 6.42 Å². The van der Waals surface area contributed by atoms with Gasteiger partial charge in [-0.25, -0.2) is 4.39 Å². The quantitative estimate of drug-likeness (QED) is 0.196. The Morgan fingerprint density at radius 1 is 0.435 bits per heavy atom. The molecule has 0 aliphatic heterocycles. The summed E-state index contributed by atoms with van der Waals surface area (Å²) in [6, 6.07) is 0.